The van der Waals surface area contributed by atoms with Crippen LogP contribution >= 0.6 is 0 Å². The van der Waals surface area contributed by atoms with E-state index in [0.29, 0.717) is 87.3 Å². The van der Waals surface area contributed by atoms with Crippen molar-refractivity contribution < 1.29 is 89.6 Å². The Labute approximate surface area is 857 Å². The first-order valence-electron chi connectivity index (χ1n) is 51.5. The zero-order valence-electron chi connectivity index (χ0n) is 84.6. The molecular weight excluding hydrogens is 1880 g/mol. The van der Waals surface area contributed by atoms with Gasteiger partial charge >= 0.3 is 5.97 Å². The van der Waals surface area contributed by atoms with Gasteiger partial charge < -0.3 is 92.2 Å². The molecule has 27 nitrogen and oxygen atoms in total. The summed E-state index contributed by atoms with van der Waals surface area (Å²) in [6.07, 6.45) is 16.0. The van der Waals surface area contributed by atoms with Gasteiger partial charge in [0.05, 0.1) is 83.6 Å². The highest BCUT2D eigenvalue weighted by Gasteiger charge is 2.36. The van der Waals surface area contributed by atoms with E-state index in [1.54, 1.807) is 73.0 Å². The number of carboxylic acid groups (broad SMARTS) is 1. The summed E-state index contributed by atoms with van der Waals surface area (Å²) in [4.78, 5) is 53.4. The summed E-state index contributed by atoms with van der Waals surface area (Å²) in [6, 6.07) is 52.5. The summed E-state index contributed by atoms with van der Waals surface area (Å²) in [5, 5.41) is 60.5. The first kappa shape index (κ1) is 109. The predicted molar refractivity (Wildman–Crippen MR) is 558 cm³/mol. The van der Waals surface area contributed by atoms with E-state index in [-0.39, 0.29) is 65.8 Å². The van der Waals surface area contributed by atoms with Crippen molar-refractivity contribution in [3.05, 3.63) is 294 Å². The number of ether oxygens (including phenoxy) is 6. The summed E-state index contributed by atoms with van der Waals surface area (Å²) in [5.74, 6) is 4.24. The van der Waals surface area contributed by atoms with Crippen molar-refractivity contribution in [2.24, 2.45) is 17.8 Å². The van der Waals surface area contributed by atoms with E-state index in [1.807, 2.05) is 107 Å². The molecule has 31 heteroatoms. The second-order valence-electron chi connectivity index (χ2n) is 39.3. The largest absolute Gasteiger partial charge is 0.493 e. The van der Waals surface area contributed by atoms with Crippen LogP contribution in [0.4, 0.5) is 17.6 Å². The number of aromatic nitrogens is 5. The molecule has 0 aliphatic carbocycles. The quantitative estimate of drug-likeness (QED) is 0.0272. The second kappa shape index (κ2) is 52.3. The molecule has 784 valence electrons. The number of rotatable bonds is 29. The van der Waals surface area contributed by atoms with Crippen LogP contribution in [0.1, 0.15) is 222 Å². The maximum atomic E-state index is 13.5. The van der Waals surface area contributed by atoms with Gasteiger partial charge in [0, 0.05) is 138 Å². The SMILES string of the molecule is C.COc1cccc([C@H](O)C2CCN(CCc3ccc(C(=O)N4CCC(c5noc6cc(F)ccc56)CC4)cc3)CC2)c1OC.COc1cccc([C@H](O)C2CCN(CCc3ccc(C(=O)O)cc3)CC2)c1OC.COc1cccc([C@H](O)C2CCN(CCc3ccc(F)cc3)CC2)c1OC.Cc1nc2n(c(=O)c1CCN1CCC(c3noc4cc(F)ccc34)CC1)CCCC2.Fc1ccc2c(C3CCNCC3)noc2c1. The molecule has 0 radical (unpaired) electrons. The number of benzene rings is 9. The Bertz CT molecular complexity index is 6500. The highest BCUT2D eigenvalue weighted by Crippen LogP contribution is 2.45. The average Bonchev–Trinajstić information content (AvgIpc) is 1.76. The molecule has 20 rings (SSSR count). The van der Waals surface area contributed by atoms with Gasteiger partial charge in [-0.25, -0.2) is 27.3 Å². The molecule has 9 aromatic carbocycles. The summed E-state index contributed by atoms with van der Waals surface area (Å²) in [5.41, 5.74) is 13.1. The van der Waals surface area contributed by atoms with Gasteiger partial charge in [-0.1, -0.05) is 95.7 Å². The van der Waals surface area contributed by atoms with Crippen molar-refractivity contribution >= 4 is 44.8 Å². The number of carboxylic acids is 1. The van der Waals surface area contributed by atoms with Gasteiger partial charge in [0.25, 0.3) is 11.5 Å². The highest BCUT2D eigenvalue weighted by molar-refractivity contribution is 5.94. The summed E-state index contributed by atoms with van der Waals surface area (Å²) in [7, 11) is 9.62. The third kappa shape index (κ3) is 27.3. The number of likely N-dealkylation sites (tertiary alicyclic amines) is 5. The molecule has 7 aliphatic rings. The molecular formula is C116H141F4N11O16. The lowest BCUT2D eigenvalue weighted by molar-refractivity contribution is 0.0571. The van der Waals surface area contributed by atoms with Gasteiger partial charge in [0.15, 0.2) is 51.2 Å². The summed E-state index contributed by atoms with van der Waals surface area (Å²) in [6.45, 7) is 17.3. The van der Waals surface area contributed by atoms with E-state index in [9.17, 15) is 47.3 Å². The molecule has 1 amide bonds. The summed E-state index contributed by atoms with van der Waals surface area (Å²) >= 11 is 0. The number of hydrogen-bond acceptors (Lipinski definition) is 24. The van der Waals surface area contributed by atoms with Gasteiger partial charge in [-0.15, -0.1) is 0 Å². The first-order valence-corrected chi connectivity index (χ1v) is 51.5. The minimum atomic E-state index is -0.898. The Balaban J connectivity index is 0.000000142. The maximum absolute atomic E-state index is 13.5. The fraction of sp³-hybridized carbons (Fsp3) is 0.457. The number of aromatic carboxylic acids is 1. The number of methoxy groups -OCH3 is 6. The number of aliphatic hydroxyl groups is 3. The van der Waals surface area contributed by atoms with Crippen LogP contribution in [0.3, 0.4) is 0 Å². The molecule has 13 aromatic rings. The number of para-hydroxylation sites is 3. The van der Waals surface area contributed by atoms with Crippen molar-refractivity contribution in [2.75, 3.05) is 147 Å². The Morgan fingerprint density at radius 1 is 0.408 bits per heavy atom. The van der Waals surface area contributed by atoms with Crippen LogP contribution in [0.5, 0.6) is 34.5 Å². The van der Waals surface area contributed by atoms with Crippen LogP contribution in [0.25, 0.3) is 32.9 Å². The molecule has 6 fully saturated rings. The van der Waals surface area contributed by atoms with E-state index < -0.39 is 24.3 Å². The van der Waals surface area contributed by atoms with E-state index >= 15 is 0 Å². The number of carbonyl (C=O) groups is 2. The van der Waals surface area contributed by atoms with Crippen LogP contribution in [0.2, 0.25) is 0 Å². The number of carbonyl (C=O) groups excluding carboxylic acids is 1. The minimum absolute atomic E-state index is 0. The lowest BCUT2D eigenvalue weighted by Gasteiger charge is -2.34. The minimum Gasteiger partial charge on any atom is -0.493 e. The number of aryl methyl sites for hydroxylation is 2. The third-order valence-corrected chi connectivity index (χ3v) is 30.5. The molecule has 147 heavy (non-hydrogen) atoms. The lowest BCUT2D eigenvalue weighted by atomic mass is 9.87. The number of amides is 1. The third-order valence-electron chi connectivity index (χ3n) is 30.5. The molecule has 0 spiro atoms. The normalized spacial score (nSPS) is 17.3. The van der Waals surface area contributed by atoms with Crippen LogP contribution < -0.4 is 39.3 Å². The van der Waals surface area contributed by atoms with Crippen molar-refractivity contribution in [3.8, 4) is 34.5 Å². The van der Waals surface area contributed by atoms with Gasteiger partial charge in [-0.3, -0.25) is 14.2 Å². The number of fused-ring (bicyclic) bond motifs is 4. The first-order chi connectivity index (χ1) is 71.0. The van der Waals surface area contributed by atoms with Crippen LogP contribution in [-0.2, 0) is 38.6 Å². The van der Waals surface area contributed by atoms with Crippen molar-refractivity contribution in [2.45, 2.75) is 179 Å². The number of nitrogens with one attached hydrogen (secondary N) is 1. The fourth-order valence-electron chi connectivity index (χ4n) is 21.8. The lowest BCUT2D eigenvalue weighted by Crippen LogP contribution is -2.38. The summed E-state index contributed by atoms with van der Waals surface area (Å²) < 4.78 is 103. The topological polar surface area (TPSA) is 312 Å². The average molecular weight is 2020 g/mol. The van der Waals surface area contributed by atoms with E-state index in [2.05, 4.69) is 52.5 Å². The molecule has 0 bridgehead atoms. The monoisotopic (exact) mass is 2020 g/mol. The van der Waals surface area contributed by atoms with Gasteiger partial charge in [0.2, 0.25) is 0 Å². The van der Waals surface area contributed by atoms with E-state index in [1.165, 1.54) is 54.1 Å². The molecule has 4 aromatic heterocycles. The zero-order valence-corrected chi connectivity index (χ0v) is 84.6. The van der Waals surface area contributed by atoms with E-state index in [4.69, 9.17) is 52.1 Å². The van der Waals surface area contributed by atoms with Gasteiger partial charge in [-0.2, -0.15) is 0 Å². The zero-order chi connectivity index (χ0) is 102. The number of nitrogens with zero attached hydrogens (tertiary/aromatic N) is 10. The van der Waals surface area contributed by atoms with Crippen molar-refractivity contribution in [3.63, 3.8) is 0 Å². The number of hydrogen-bond donors (Lipinski definition) is 5. The van der Waals surface area contributed by atoms with Crippen LogP contribution in [0.15, 0.2) is 200 Å². The Kier molecular flexibility index (Phi) is 38.7. The maximum Gasteiger partial charge on any atom is 0.335 e. The van der Waals surface area contributed by atoms with Crippen LogP contribution in [-0.4, -0.2) is 229 Å². The fourth-order valence-corrected chi connectivity index (χ4v) is 21.8. The predicted octanol–water partition coefficient (Wildman–Crippen LogP) is 19.9. The standard InChI is InChI=1S/C35H40FN3O5.C23H27FN4O2.C23H29NO5.C22H28FNO3.C12H13FN2O.CH4/c1-42-30-5-3-4-29(34(30)43-2)33(40)25-13-18-38(19-14-25)17-12-23-6-8-26(9-7-23)35(41)39-20-15-24(16-21-39)32-28-11-10-27(36)22-31(28)44-37-32;1-15-18(23(29)28-10-3-2-4-21(28)25-15)9-13-27-11-7-16(8-12-27)22-19-6-5-17(24)14-20(19)30-26-22;1-28-20-5-3-4-19(22(20)29-2)21(25)17-11-14-24(15-12-17)13-10-16-6-8-18(9-7-16)23(26)27;1-26-20-5-3-4-19(22(20)27-2)21(25)17-11-14-24(15-12-17)13-10-16-6-8-18(23)9-7-16;13-9-1-2-10-11(7-9)16-15-12(10)8-3-5-14-6-4-8;/h3-11,22,24-25,33,40H,12-21H2,1-2H3;5-6,14,16H,2-4,7-13H2,1H3;3-9,17,21,25H,10-15H2,1-2H3,(H,26,27);3-9,17,21,25H,10-15H2,1-2H3;1-2,7-8,14H,3-6H2;1H4/t33-;;2*21-;;/m1.11../s1. The molecule has 0 saturated carbocycles. The molecule has 3 atom stereocenters. The number of halogens is 4. The molecule has 7 aliphatic heterocycles. The van der Waals surface area contributed by atoms with Crippen molar-refractivity contribution in [1.29, 1.82) is 0 Å². The molecule has 5 N–H and O–H groups in total. The Morgan fingerprint density at radius 2 is 0.748 bits per heavy atom. The number of piperidine rings is 6. The molecule has 11 heterocycles. The Hall–Kier alpha value is -12.6. The molecule has 0 unspecified atom stereocenters. The van der Waals surface area contributed by atoms with Crippen LogP contribution in [0, 0.1) is 47.9 Å². The smallest absolute Gasteiger partial charge is 0.335 e. The van der Waals surface area contributed by atoms with Crippen molar-refractivity contribution in [1.82, 2.24) is 54.8 Å². The second-order valence-corrected chi connectivity index (χ2v) is 39.3. The number of aliphatic hydroxyl groups excluding tert-OH is 3. The highest BCUT2D eigenvalue weighted by atomic mass is 19.1. The van der Waals surface area contributed by atoms with Gasteiger partial charge in [0.1, 0.15) is 29.1 Å². The van der Waals surface area contributed by atoms with E-state index in [0.717, 1.165) is 298 Å². The van der Waals surface area contributed by atoms with Gasteiger partial charge in [-0.05, 0) is 313 Å². The molecule has 6 saturated heterocycles. The Morgan fingerprint density at radius 3 is 1.12 bits per heavy atom.